The summed E-state index contributed by atoms with van der Waals surface area (Å²) in [5.41, 5.74) is -0.443. The minimum Gasteiger partial charge on any atom is -0.480 e. The average Bonchev–Trinajstić information content (AvgIpc) is 2.84. The maximum absolute atomic E-state index is 12.5. The Morgan fingerprint density at radius 3 is 2.33 bits per heavy atom. The Bertz CT molecular complexity index is 394. The van der Waals surface area contributed by atoms with Crippen molar-refractivity contribution in [3.63, 3.8) is 0 Å². The molecule has 0 aromatic carbocycles. The van der Waals surface area contributed by atoms with Crippen molar-refractivity contribution in [1.29, 1.82) is 0 Å². The van der Waals surface area contributed by atoms with Crippen LogP contribution in [0.25, 0.3) is 0 Å². The maximum atomic E-state index is 12.5. The highest BCUT2D eigenvalue weighted by molar-refractivity contribution is 5.84. The molecule has 1 N–H and O–H groups in total. The van der Waals surface area contributed by atoms with Crippen molar-refractivity contribution in [2.24, 2.45) is 17.8 Å². The van der Waals surface area contributed by atoms with E-state index in [1.807, 2.05) is 20.8 Å². The molecule has 1 fully saturated rings. The number of carboxylic acids is 1. The van der Waals surface area contributed by atoms with Crippen LogP contribution < -0.4 is 0 Å². The monoisotopic (exact) mass is 251 g/mol. The van der Waals surface area contributed by atoms with Crippen molar-refractivity contribution in [2.75, 3.05) is 6.54 Å². The molecule has 0 radical (unpaired) electrons. The van der Waals surface area contributed by atoms with Gasteiger partial charge in [-0.2, -0.15) is 0 Å². The first kappa shape index (κ1) is 13.1. The molecular weight excluding hydrogens is 230 g/mol. The molecule has 18 heavy (non-hydrogen) atoms. The molecule has 1 amide bonds. The summed E-state index contributed by atoms with van der Waals surface area (Å²) in [6.07, 6.45) is 6.25. The zero-order valence-corrected chi connectivity index (χ0v) is 11.2. The fraction of sp³-hybridized carbons (Fsp3) is 0.714. The lowest BCUT2D eigenvalue weighted by molar-refractivity contribution is -0.151. The largest absolute Gasteiger partial charge is 0.480 e. The maximum Gasteiger partial charge on any atom is 0.323 e. The SMILES string of the molecule is CC(C)(C)N(CC(=O)O)C(=O)C1CC2C=CC1C2. The zero-order chi connectivity index (χ0) is 13.5. The Morgan fingerprint density at radius 2 is 1.94 bits per heavy atom. The van der Waals surface area contributed by atoms with Gasteiger partial charge in [-0.25, -0.2) is 0 Å². The lowest BCUT2D eigenvalue weighted by Gasteiger charge is -2.37. The van der Waals surface area contributed by atoms with Crippen LogP contribution >= 0.6 is 0 Å². The smallest absolute Gasteiger partial charge is 0.323 e. The van der Waals surface area contributed by atoms with Crippen molar-refractivity contribution in [2.45, 2.75) is 39.2 Å². The van der Waals surface area contributed by atoms with Gasteiger partial charge < -0.3 is 10.0 Å². The van der Waals surface area contributed by atoms with Crippen molar-refractivity contribution in [1.82, 2.24) is 4.90 Å². The van der Waals surface area contributed by atoms with E-state index in [1.165, 1.54) is 4.90 Å². The number of amides is 1. The van der Waals surface area contributed by atoms with E-state index < -0.39 is 11.5 Å². The van der Waals surface area contributed by atoms with Gasteiger partial charge in [0.2, 0.25) is 5.91 Å². The van der Waals surface area contributed by atoms with Crippen LogP contribution in [0.15, 0.2) is 12.2 Å². The van der Waals surface area contributed by atoms with Crippen molar-refractivity contribution in [3.8, 4) is 0 Å². The third-order valence-electron chi connectivity index (χ3n) is 3.97. The van der Waals surface area contributed by atoms with Crippen LogP contribution in [-0.2, 0) is 9.59 Å². The summed E-state index contributed by atoms with van der Waals surface area (Å²) >= 11 is 0. The van der Waals surface area contributed by atoms with Crippen LogP contribution in [0.2, 0.25) is 0 Å². The first-order chi connectivity index (χ1) is 8.29. The van der Waals surface area contributed by atoms with E-state index in [0.717, 1.165) is 12.8 Å². The number of carboxylic acid groups (broad SMARTS) is 1. The molecule has 2 rings (SSSR count). The zero-order valence-electron chi connectivity index (χ0n) is 11.2. The van der Waals surface area contributed by atoms with Gasteiger partial charge in [0.1, 0.15) is 6.54 Å². The van der Waals surface area contributed by atoms with E-state index in [4.69, 9.17) is 5.11 Å². The lowest BCUT2D eigenvalue weighted by atomic mass is 9.90. The number of carbonyl (C=O) groups excluding carboxylic acids is 1. The summed E-state index contributed by atoms with van der Waals surface area (Å²) in [5, 5.41) is 8.96. The Labute approximate surface area is 108 Å². The van der Waals surface area contributed by atoms with Crippen LogP contribution in [-0.4, -0.2) is 34.0 Å². The Balaban J connectivity index is 2.13. The predicted octanol–water partition coefficient (Wildman–Crippen LogP) is 1.91. The number of hydrogen-bond donors (Lipinski definition) is 1. The lowest BCUT2D eigenvalue weighted by Crippen LogP contribution is -2.51. The molecule has 4 nitrogen and oxygen atoms in total. The van der Waals surface area contributed by atoms with E-state index in [-0.39, 0.29) is 18.4 Å². The van der Waals surface area contributed by atoms with Gasteiger partial charge in [0, 0.05) is 11.5 Å². The molecule has 2 aliphatic carbocycles. The minimum atomic E-state index is -0.947. The van der Waals surface area contributed by atoms with E-state index >= 15 is 0 Å². The third kappa shape index (κ3) is 2.42. The molecule has 0 saturated heterocycles. The Kier molecular flexibility index (Phi) is 3.21. The van der Waals surface area contributed by atoms with Gasteiger partial charge in [0.15, 0.2) is 0 Å². The number of rotatable bonds is 3. The van der Waals surface area contributed by atoms with Crippen molar-refractivity contribution < 1.29 is 14.7 Å². The number of aliphatic carboxylic acids is 1. The molecule has 0 heterocycles. The molecule has 3 atom stereocenters. The molecule has 1 saturated carbocycles. The van der Waals surface area contributed by atoms with E-state index in [1.54, 1.807) is 0 Å². The number of hydrogen-bond acceptors (Lipinski definition) is 2. The predicted molar refractivity (Wildman–Crippen MR) is 67.9 cm³/mol. The second-order valence-electron chi connectivity index (χ2n) is 6.38. The van der Waals surface area contributed by atoms with E-state index in [0.29, 0.717) is 11.8 Å². The molecule has 0 aromatic rings. The van der Waals surface area contributed by atoms with Gasteiger partial charge in [-0.15, -0.1) is 0 Å². The third-order valence-corrected chi connectivity index (χ3v) is 3.97. The summed E-state index contributed by atoms with van der Waals surface area (Å²) in [6, 6.07) is 0. The highest BCUT2D eigenvalue weighted by Crippen LogP contribution is 2.44. The molecule has 0 aliphatic heterocycles. The quantitative estimate of drug-likeness (QED) is 0.779. The first-order valence-electron chi connectivity index (χ1n) is 6.50. The van der Waals surface area contributed by atoms with Crippen LogP contribution in [0.5, 0.6) is 0 Å². The summed E-state index contributed by atoms with van der Waals surface area (Å²) < 4.78 is 0. The molecule has 0 spiro atoms. The first-order valence-corrected chi connectivity index (χ1v) is 6.50. The van der Waals surface area contributed by atoms with Crippen LogP contribution in [0.3, 0.4) is 0 Å². The van der Waals surface area contributed by atoms with E-state index in [2.05, 4.69) is 12.2 Å². The van der Waals surface area contributed by atoms with Crippen LogP contribution in [0, 0.1) is 17.8 Å². The average molecular weight is 251 g/mol. The van der Waals surface area contributed by atoms with Crippen molar-refractivity contribution >= 4 is 11.9 Å². The number of nitrogens with zero attached hydrogens (tertiary/aromatic N) is 1. The summed E-state index contributed by atoms with van der Waals surface area (Å²) in [7, 11) is 0. The fourth-order valence-electron chi connectivity index (χ4n) is 3.05. The molecule has 2 aliphatic rings. The van der Waals surface area contributed by atoms with Gasteiger partial charge in [-0.05, 0) is 45.4 Å². The summed E-state index contributed by atoms with van der Waals surface area (Å²) in [5.74, 6) is -0.117. The highest BCUT2D eigenvalue weighted by atomic mass is 16.4. The molecule has 4 heteroatoms. The van der Waals surface area contributed by atoms with Gasteiger partial charge in [-0.3, -0.25) is 9.59 Å². The fourth-order valence-corrected chi connectivity index (χ4v) is 3.05. The second kappa shape index (κ2) is 4.41. The summed E-state index contributed by atoms with van der Waals surface area (Å²) in [6.45, 7) is 5.45. The Hall–Kier alpha value is -1.32. The number of fused-ring (bicyclic) bond motifs is 2. The van der Waals surface area contributed by atoms with Gasteiger partial charge >= 0.3 is 5.97 Å². The Morgan fingerprint density at radius 1 is 1.28 bits per heavy atom. The topological polar surface area (TPSA) is 57.6 Å². The molecule has 3 unspecified atom stereocenters. The minimum absolute atomic E-state index is 0.00162. The normalized spacial score (nSPS) is 29.6. The van der Waals surface area contributed by atoms with Gasteiger partial charge in [0.25, 0.3) is 0 Å². The van der Waals surface area contributed by atoms with Crippen LogP contribution in [0.1, 0.15) is 33.6 Å². The number of allylic oxidation sites excluding steroid dienone is 2. The van der Waals surface area contributed by atoms with Crippen molar-refractivity contribution in [3.05, 3.63) is 12.2 Å². The molecular formula is C14H21NO3. The molecule has 2 bridgehead atoms. The molecule has 100 valence electrons. The molecule has 0 aromatic heterocycles. The summed E-state index contributed by atoms with van der Waals surface area (Å²) in [4.78, 5) is 25.0. The van der Waals surface area contributed by atoms with E-state index in [9.17, 15) is 9.59 Å². The second-order valence-corrected chi connectivity index (χ2v) is 6.38. The highest BCUT2D eigenvalue weighted by Gasteiger charge is 2.43. The van der Waals surface area contributed by atoms with Crippen LogP contribution in [0.4, 0.5) is 0 Å². The number of carbonyl (C=O) groups is 2. The van der Waals surface area contributed by atoms with Gasteiger partial charge in [0.05, 0.1) is 0 Å². The standard InChI is InChI=1S/C14H21NO3/c1-14(2,3)15(8-12(16)17)13(18)11-7-9-4-5-10(11)6-9/h4-5,9-11H,6-8H2,1-3H3,(H,16,17). The van der Waals surface area contributed by atoms with Gasteiger partial charge in [-0.1, -0.05) is 12.2 Å².